The van der Waals surface area contributed by atoms with E-state index >= 15 is 0 Å². The normalized spacial score (nSPS) is 20.5. The van der Waals surface area contributed by atoms with Gasteiger partial charge in [0.2, 0.25) is 11.5 Å². The highest BCUT2D eigenvalue weighted by Crippen LogP contribution is 2.40. The predicted octanol–water partition coefficient (Wildman–Crippen LogP) is -1.67. The molecule has 1 fully saturated rings. The van der Waals surface area contributed by atoms with Gasteiger partial charge in [0.25, 0.3) is 17.7 Å². The van der Waals surface area contributed by atoms with Crippen LogP contribution in [0.4, 0.5) is 5.13 Å². The molecule has 35 heavy (non-hydrogen) atoms. The number of hydrogen-bond donors (Lipinski definition) is 4. The number of oxime groups is 1. The maximum atomic E-state index is 12.9. The lowest BCUT2D eigenvalue weighted by Crippen LogP contribution is -2.71. The number of allylic oxidation sites excluding steroid dienone is 1. The first-order valence-electron chi connectivity index (χ1n) is 10.1. The van der Waals surface area contributed by atoms with E-state index in [1.807, 2.05) is 14.1 Å². The van der Waals surface area contributed by atoms with Crippen molar-refractivity contribution in [3.8, 4) is 0 Å². The van der Waals surface area contributed by atoms with E-state index in [9.17, 15) is 24.3 Å². The summed E-state index contributed by atoms with van der Waals surface area (Å²) in [6.45, 7) is 0.548. The van der Waals surface area contributed by atoms with Crippen molar-refractivity contribution in [3.05, 3.63) is 29.2 Å². The molecule has 0 aliphatic carbocycles. The average Bonchev–Trinajstić information content (AvgIpc) is 3.19. The van der Waals surface area contributed by atoms with Crippen molar-refractivity contribution in [3.63, 3.8) is 0 Å². The number of aliphatic carboxylic acids is 1. The second kappa shape index (κ2) is 10.4. The molecule has 0 unspecified atom stereocenters. The number of thioether (sulfide) groups is 1. The molecule has 0 radical (unpaired) electrons. The highest BCUT2D eigenvalue weighted by atomic mass is 32.2. The van der Waals surface area contributed by atoms with Gasteiger partial charge in [0, 0.05) is 17.3 Å². The molecule has 0 saturated carbocycles. The minimum atomic E-state index is -1.26. The van der Waals surface area contributed by atoms with Crippen molar-refractivity contribution in [2.24, 2.45) is 10.9 Å². The smallest absolute Gasteiger partial charge is 0.352 e. The Morgan fingerprint density at radius 1 is 1.40 bits per heavy atom. The summed E-state index contributed by atoms with van der Waals surface area (Å²) in [6.07, 6.45) is 3.38. The highest BCUT2D eigenvalue weighted by molar-refractivity contribution is 8.00. The summed E-state index contributed by atoms with van der Waals surface area (Å²) in [5, 5.41) is 15.5. The summed E-state index contributed by atoms with van der Waals surface area (Å²) in [6, 6.07) is -0.975. The van der Waals surface area contributed by atoms with Crippen LogP contribution >= 0.6 is 23.3 Å². The average molecular weight is 526 g/mol. The van der Waals surface area contributed by atoms with Crippen LogP contribution in [0, 0.1) is 0 Å². The van der Waals surface area contributed by atoms with E-state index in [2.05, 4.69) is 19.8 Å². The topological polar surface area (TPSA) is 203 Å². The number of nitrogens with two attached hydrogens (primary N) is 2. The van der Waals surface area contributed by atoms with Gasteiger partial charge in [-0.1, -0.05) is 11.2 Å². The van der Waals surface area contributed by atoms with Gasteiger partial charge in [-0.15, -0.1) is 11.8 Å². The molecule has 0 bridgehead atoms. The maximum Gasteiger partial charge on any atom is 0.352 e. The molecule has 1 aromatic heterocycles. The number of quaternary nitrogens is 1. The number of carbonyl (C=O) groups is 4. The molecule has 3 rings (SSSR count). The lowest BCUT2D eigenvalue weighted by molar-refractivity contribution is -0.876. The lowest BCUT2D eigenvalue weighted by Gasteiger charge is -2.49. The number of carbonyl (C=O) groups excluding carboxylic acids is 3. The summed E-state index contributed by atoms with van der Waals surface area (Å²) in [5.41, 5.74) is 10.9. The van der Waals surface area contributed by atoms with Gasteiger partial charge in [-0.05, 0) is 11.6 Å². The first-order chi connectivity index (χ1) is 16.4. The molecule has 6 N–H and O–H groups in total. The number of carboxylic acids is 1. The van der Waals surface area contributed by atoms with Crippen molar-refractivity contribution >= 4 is 57.8 Å². The van der Waals surface area contributed by atoms with E-state index in [1.54, 1.807) is 12.2 Å². The number of fused-ring (bicyclic) bond motifs is 1. The van der Waals surface area contributed by atoms with Gasteiger partial charge in [0.15, 0.2) is 11.7 Å². The van der Waals surface area contributed by atoms with Crippen molar-refractivity contribution in [2.45, 2.75) is 11.4 Å². The van der Waals surface area contributed by atoms with Crippen LogP contribution in [-0.2, 0) is 24.0 Å². The molecule has 1 aromatic rings. The van der Waals surface area contributed by atoms with Crippen molar-refractivity contribution < 1.29 is 33.6 Å². The summed E-state index contributed by atoms with van der Waals surface area (Å²) >= 11 is 2.17. The number of amides is 3. The van der Waals surface area contributed by atoms with E-state index in [0.29, 0.717) is 22.4 Å². The van der Waals surface area contributed by atoms with Crippen LogP contribution in [0.15, 0.2) is 28.6 Å². The quantitative estimate of drug-likeness (QED) is 0.118. The second-order valence-corrected chi connectivity index (χ2v) is 10.2. The van der Waals surface area contributed by atoms with E-state index in [1.165, 1.54) is 18.9 Å². The Morgan fingerprint density at radius 3 is 2.69 bits per heavy atom. The van der Waals surface area contributed by atoms with Crippen LogP contribution in [0.2, 0.25) is 0 Å². The summed E-state index contributed by atoms with van der Waals surface area (Å²) in [4.78, 5) is 58.6. The molecule has 0 aromatic carbocycles. The molecular formula is C19H25N8O6S2+. The highest BCUT2D eigenvalue weighted by Gasteiger charge is 2.54. The van der Waals surface area contributed by atoms with Crippen molar-refractivity contribution in [2.75, 3.05) is 45.8 Å². The van der Waals surface area contributed by atoms with E-state index in [-0.39, 0.29) is 28.9 Å². The Kier molecular flexibility index (Phi) is 7.76. The fourth-order valence-corrected chi connectivity index (χ4v) is 5.31. The van der Waals surface area contributed by atoms with Gasteiger partial charge in [-0.2, -0.15) is 9.36 Å². The summed E-state index contributed by atoms with van der Waals surface area (Å²) in [5.74, 6) is -2.80. The number of aromatic nitrogens is 2. The van der Waals surface area contributed by atoms with Crippen LogP contribution in [0.5, 0.6) is 0 Å². The van der Waals surface area contributed by atoms with Crippen molar-refractivity contribution in [1.82, 2.24) is 19.6 Å². The SMILES string of the molecule is CO/N=C(\C(=O)N[C@@H]1C(=O)N2C(C(=O)O)=C(/C=C\C[N+](C)(C)CC(N)=O)CS[C@H]12)c1nsc(N)n1. The largest absolute Gasteiger partial charge is 0.477 e. The second-order valence-electron chi connectivity index (χ2n) is 8.26. The zero-order chi connectivity index (χ0) is 25.9. The van der Waals surface area contributed by atoms with E-state index in [4.69, 9.17) is 16.3 Å². The number of β-lactam (4-membered cyclic amide) rings is 1. The zero-order valence-corrected chi connectivity index (χ0v) is 20.8. The third-order valence-electron chi connectivity index (χ3n) is 5.04. The standard InChI is InChI=1S/C19H24N8O6S2/c1-27(2,7-10(20)28)6-4-5-9-8-34-17-12(16(30)26(17)13(9)18(31)32)22-15(29)11(24-33-3)14-23-19(21)35-25-14/h4-5,12,17H,6-8H2,1-3H3,(H5-,20,21,22,23,25,28,29,31,32)/p+1/b5-4-,24-11-/t12-,17-/m1/s1. The van der Waals surface area contributed by atoms with Crippen LogP contribution in [0.3, 0.4) is 0 Å². The van der Waals surface area contributed by atoms with Gasteiger partial charge in [-0.3, -0.25) is 19.3 Å². The number of nitrogen functional groups attached to an aromatic ring is 1. The van der Waals surface area contributed by atoms with Gasteiger partial charge in [-0.25, -0.2) is 4.79 Å². The Balaban J connectivity index is 1.75. The number of anilines is 1. The number of primary amides is 1. The number of hydrogen-bond acceptors (Lipinski definition) is 11. The molecule has 3 amide bonds. The predicted molar refractivity (Wildman–Crippen MR) is 128 cm³/mol. The molecule has 16 heteroatoms. The van der Waals surface area contributed by atoms with Crippen LogP contribution in [-0.4, -0.2) is 105 Å². The fourth-order valence-electron chi connectivity index (χ4n) is 3.55. The van der Waals surface area contributed by atoms with E-state index in [0.717, 1.165) is 16.4 Å². The van der Waals surface area contributed by atoms with Gasteiger partial charge < -0.3 is 31.2 Å². The van der Waals surface area contributed by atoms with Gasteiger partial charge in [0.05, 0.1) is 20.6 Å². The molecule has 3 heterocycles. The Hall–Kier alpha value is -3.50. The maximum absolute atomic E-state index is 12.9. The Labute approximate surface area is 208 Å². The van der Waals surface area contributed by atoms with Crippen molar-refractivity contribution in [1.29, 1.82) is 0 Å². The first kappa shape index (κ1) is 26.1. The molecule has 1 saturated heterocycles. The van der Waals surface area contributed by atoms with Gasteiger partial charge >= 0.3 is 5.97 Å². The third kappa shape index (κ3) is 5.77. The minimum absolute atomic E-state index is 0.0528. The number of nitrogens with one attached hydrogen (secondary N) is 1. The minimum Gasteiger partial charge on any atom is -0.477 e. The number of nitrogens with zero attached hydrogens (tertiary/aromatic N) is 5. The lowest BCUT2D eigenvalue weighted by atomic mass is 10.0. The summed E-state index contributed by atoms with van der Waals surface area (Å²) in [7, 11) is 4.87. The molecule has 14 nitrogen and oxygen atoms in total. The van der Waals surface area contributed by atoms with Crippen LogP contribution < -0.4 is 16.8 Å². The Bertz CT molecular complexity index is 1140. The summed E-state index contributed by atoms with van der Waals surface area (Å²) < 4.78 is 4.22. The first-order valence-corrected chi connectivity index (χ1v) is 12.0. The molecule has 2 aliphatic heterocycles. The van der Waals surface area contributed by atoms with Gasteiger partial charge in [0.1, 0.15) is 24.2 Å². The van der Waals surface area contributed by atoms with Crippen LogP contribution in [0.1, 0.15) is 5.82 Å². The molecule has 2 atom stereocenters. The monoisotopic (exact) mass is 525 g/mol. The third-order valence-corrected chi connectivity index (χ3v) is 6.89. The molecule has 0 spiro atoms. The number of likely N-dealkylation sites (N-methyl/N-ethyl adjacent to an activating group) is 1. The number of rotatable bonds is 10. The molecule has 2 aliphatic rings. The molecular weight excluding hydrogens is 500 g/mol. The zero-order valence-electron chi connectivity index (χ0n) is 19.1. The number of carboxylic acid groups (broad SMARTS) is 1. The molecule has 188 valence electrons. The van der Waals surface area contributed by atoms with E-state index < -0.39 is 35.1 Å². The Morgan fingerprint density at radius 2 is 2.11 bits per heavy atom. The fraction of sp³-hybridized carbons (Fsp3) is 0.421. The van der Waals surface area contributed by atoms with Crippen LogP contribution in [0.25, 0.3) is 0 Å².